The topological polar surface area (TPSA) is 67.4 Å². The predicted octanol–water partition coefficient (Wildman–Crippen LogP) is 1.14. The van der Waals surface area contributed by atoms with Crippen LogP contribution >= 0.6 is 0 Å². The van der Waals surface area contributed by atoms with E-state index < -0.39 is 0 Å². The third-order valence-electron chi connectivity index (χ3n) is 2.98. The Kier molecular flexibility index (Phi) is 6.62. The second kappa shape index (κ2) is 8.06. The lowest BCUT2D eigenvalue weighted by molar-refractivity contribution is -0.132. The molecular formula is C12H22N2O3. The van der Waals surface area contributed by atoms with Crippen LogP contribution in [-0.2, 0) is 14.3 Å². The summed E-state index contributed by atoms with van der Waals surface area (Å²) in [6, 6.07) is 0. The molecule has 5 nitrogen and oxygen atoms in total. The molecule has 0 saturated heterocycles. The van der Waals surface area contributed by atoms with E-state index in [1.807, 2.05) is 6.92 Å². The first kappa shape index (κ1) is 14.0. The van der Waals surface area contributed by atoms with Gasteiger partial charge >= 0.3 is 0 Å². The van der Waals surface area contributed by atoms with Crippen LogP contribution in [0.2, 0.25) is 0 Å². The Morgan fingerprint density at radius 1 is 1.18 bits per heavy atom. The Hall–Kier alpha value is -1.10. The summed E-state index contributed by atoms with van der Waals surface area (Å²) in [4.78, 5) is 23.0. The van der Waals surface area contributed by atoms with E-state index in [-0.39, 0.29) is 24.2 Å². The second-order valence-corrected chi connectivity index (χ2v) is 4.32. The molecule has 0 unspecified atom stereocenters. The first-order chi connectivity index (χ1) is 8.24. The van der Waals surface area contributed by atoms with Crippen molar-refractivity contribution in [3.05, 3.63) is 0 Å². The number of carbonyl (C=O) groups is 2. The number of rotatable bonds is 5. The van der Waals surface area contributed by atoms with Gasteiger partial charge in [0.15, 0.2) is 0 Å². The molecule has 0 spiro atoms. The third-order valence-corrected chi connectivity index (χ3v) is 2.98. The smallest absolute Gasteiger partial charge is 0.241 e. The van der Waals surface area contributed by atoms with Crippen LogP contribution in [-0.4, -0.2) is 25.0 Å². The van der Waals surface area contributed by atoms with Gasteiger partial charge in [-0.1, -0.05) is 19.3 Å². The number of hydrogen-bond acceptors (Lipinski definition) is 3. The lowest BCUT2D eigenvalue weighted by Crippen LogP contribution is -2.45. The molecule has 0 aliphatic heterocycles. The molecule has 0 heterocycles. The van der Waals surface area contributed by atoms with E-state index in [9.17, 15) is 9.59 Å². The van der Waals surface area contributed by atoms with Gasteiger partial charge in [-0.3, -0.25) is 20.4 Å². The molecule has 5 heteroatoms. The highest BCUT2D eigenvalue weighted by molar-refractivity contribution is 5.83. The molecular weight excluding hydrogens is 220 g/mol. The van der Waals surface area contributed by atoms with Crippen LogP contribution in [0.25, 0.3) is 0 Å². The molecule has 0 aromatic rings. The zero-order chi connectivity index (χ0) is 12.5. The van der Waals surface area contributed by atoms with Crippen molar-refractivity contribution in [1.29, 1.82) is 0 Å². The van der Waals surface area contributed by atoms with Gasteiger partial charge in [-0.2, -0.15) is 0 Å². The molecule has 1 rings (SSSR count). The Morgan fingerprint density at radius 2 is 1.88 bits per heavy atom. The summed E-state index contributed by atoms with van der Waals surface area (Å²) in [6.07, 6.45) is 5.57. The maximum Gasteiger partial charge on any atom is 0.241 e. The molecule has 0 aromatic carbocycles. The summed E-state index contributed by atoms with van der Waals surface area (Å²) in [5.41, 5.74) is 4.91. The largest absolute Gasteiger partial charge is 0.381 e. The van der Waals surface area contributed by atoms with E-state index in [4.69, 9.17) is 4.74 Å². The Morgan fingerprint density at radius 3 is 2.53 bits per heavy atom. The van der Waals surface area contributed by atoms with Gasteiger partial charge in [0, 0.05) is 12.5 Å². The van der Waals surface area contributed by atoms with Crippen molar-refractivity contribution < 1.29 is 14.3 Å². The molecule has 98 valence electrons. The minimum atomic E-state index is -0.206. The highest BCUT2D eigenvalue weighted by Gasteiger charge is 2.21. The van der Waals surface area contributed by atoms with Crippen LogP contribution in [0.4, 0.5) is 0 Å². The minimum absolute atomic E-state index is 0.0607. The predicted molar refractivity (Wildman–Crippen MR) is 64.0 cm³/mol. The molecule has 0 aromatic heterocycles. The fourth-order valence-electron chi connectivity index (χ4n) is 1.97. The molecule has 1 saturated carbocycles. The van der Waals surface area contributed by atoms with Crippen molar-refractivity contribution in [3.8, 4) is 0 Å². The van der Waals surface area contributed by atoms with Crippen molar-refractivity contribution in [2.45, 2.75) is 45.4 Å². The summed E-state index contributed by atoms with van der Waals surface area (Å²) >= 11 is 0. The molecule has 17 heavy (non-hydrogen) atoms. The van der Waals surface area contributed by atoms with E-state index in [1.54, 1.807) is 0 Å². The van der Waals surface area contributed by atoms with Gasteiger partial charge in [-0.25, -0.2) is 0 Å². The fourth-order valence-corrected chi connectivity index (χ4v) is 1.97. The van der Waals surface area contributed by atoms with E-state index in [0.717, 1.165) is 25.7 Å². The van der Waals surface area contributed by atoms with Crippen LogP contribution < -0.4 is 10.9 Å². The van der Waals surface area contributed by atoms with Crippen molar-refractivity contribution in [2.75, 3.05) is 13.2 Å². The Bertz CT molecular complexity index is 250. The number of hydrazine groups is 1. The van der Waals surface area contributed by atoms with Gasteiger partial charge in [0.1, 0.15) is 0 Å². The quantitative estimate of drug-likeness (QED) is 0.561. The molecule has 2 N–H and O–H groups in total. The minimum Gasteiger partial charge on any atom is -0.381 e. The third kappa shape index (κ3) is 5.68. The lowest BCUT2D eigenvalue weighted by Gasteiger charge is -2.20. The van der Waals surface area contributed by atoms with Crippen molar-refractivity contribution in [2.24, 2.45) is 5.92 Å². The number of hydrogen-bond donors (Lipinski definition) is 2. The molecule has 0 radical (unpaired) electrons. The van der Waals surface area contributed by atoms with Crippen molar-refractivity contribution in [1.82, 2.24) is 10.9 Å². The summed E-state index contributed by atoms with van der Waals surface area (Å²) in [6.45, 7) is 2.87. The van der Waals surface area contributed by atoms with Gasteiger partial charge < -0.3 is 4.74 Å². The normalized spacial score (nSPS) is 16.5. The summed E-state index contributed by atoms with van der Waals surface area (Å²) in [5, 5.41) is 0. The van der Waals surface area contributed by atoms with Crippen LogP contribution in [0.15, 0.2) is 0 Å². The summed E-state index contributed by atoms with van der Waals surface area (Å²) in [7, 11) is 0. The van der Waals surface area contributed by atoms with Gasteiger partial charge in [0.05, 0.1) is 13.0 Å². The van der Waals surface area contributed by atoms with Gasteiger partial charge in [0.25, 0.3) is 0 Å². The Labute approximate surface area is 102 Å². The maximum absolute atomic E-state index is 11.7. The van der Waals surface area contributed by atoms with Crippen molar-refractivity contribution in [3.63, 3.8) is 0 Å². The first-order valence-electron chi connectivity index (χ1n) is 6.40. The Balaban J connectivity index is 2.11. The maximum atomic E-state index is 11.7. The van der Waals surface area contributed by atoms with Crippen LogP contribution in [0.1, 0.15) is 45.4 Å². The summed E-state index contributed by atoms with van der Waals surface area (Å²) in [5.74, 6) is -0.201. The van der Waals surface area contributed by atoms with Crippen LogP contribution in [0, 0.1) is 5.92 Å². The van der Waals surface area contributed by atoms with Crippen LogP contribution in [0.5, 0.6) is 0 Å². The van der Waals surface area contributed by atoms with E-state index in [1.165, 1.54) is 6.42 Å². The van der Waals surface area contributed by atoms with E-state index >= 15 is 0 Å². The lowest BCUT2D eigenvalue weighted by atomic mass is 9.89. The van der Waals surface area contributed by atoms with Gasteiger partial charge in [-0.15, -0.1) is 0 Å². The average Bonchev–Trinajstić information content (AvgIpc) is 2.37. The standard InChI is InChI=1S/C12H22N2O3/c1-2-17-9-8-11(15)13-14-12(16)10-6-4-3-5-7-10/h10H,2-9H2,1H3,(H,13,15)(H,14,16). The average molecular weight is 242 g/mol. The van der Waals surface area contributed by atoms with Gasteiger partial charge in [-0.05, 0) is 19.8 Å². The zero-order valence-electron chi connectivity index (χ0n) is 10.5. The molecule has 0 atom stereocenters. The number of ether oxygens (including phenoxy) is 1. The van der Waals surface area contributed by atoms with Crippen molar-refractivity contribution >= 4 is 11.8 Å². The molecule has 0 bridgehead atoms. The number of amides is 2. The zero-order valence-corrected chi connectivity index (χ0v) is 10.5. The number of carbonyl (C=O) groups excluding carboxylic acids is 2. The van der Waals surface area contributed by atoms with E-state index in [0.29, 0.717) is 13.2 Å². The highest BCUT2D eigenvalue weighted by Crippen LogP contribution is 2.23. The number of nitrogens with one attached hydrogen (secondary N) is 2. The molecule has 1 aliphatic rings. The highest BCUT2D eigenvalue weighted by atomic mass is 16.5. The molecule has 1 fully saturated rings. The second-order valence-electron chi connectivity index (χ2n) is 4.32. The molecule has 1 aliphatic carbocycles. The molecule has 2 amide bonds. The monoisotopic (exact) mass is 242 g/mol. The fraction of sp³-hybridized carbons (Fsp3) is 0.833. The first-order valence-corrected chi connectivity index (χ1v) is 6.40. The van der Waals surface area contributed by atoms with Gasteiger partial charge in [0.2, 0.25) is 11.8 Å². The SMILES string of the molecule is CCOCCC(=O)NNC(=O)C1CCCCC1. The van der Waals surface area contributed by atoms with E-state index in [2.05, 4.69) is 10.9 Å². The summed E-state index contributed by atoms with van der Waals surface area (Å²) < 4.78 is 5.05. The van der Waals surface area contributed by atoms with Crippen LogP contribution in [0.3, 0.4) is 0 Å².